The molecule has 0 aromatic carbocycles. The van der Waals surface area contributed by atoms with E-state index in [2.05, 4.69) is 19.0 Å². The van der Waals surface area contributed by atoms with Crippen LogP contribution in [0.25, 0.3) is 0 Å². The number of ketones is 1. The lowest BCUT2D eigenvalue weighted by molar-refractivity contribution is 0.0901. The van der Waals surface area contributed by atoms with Gasteiger partial charge in [0.1, 0.15) is 5.76 Å². The fourth-order valence-electron chi connectivity index (χ4n) is 2.41. The lowest BCUT2D eigenvalue weighted by Crippen LogP contribution is -2.26. The van der Waals surface area contributed by atoms with E-state index in [1.165, 1.54) is 0 Å². The number of Topliss-reactive ketones (excluding diaryl/α,β-unsaturated/α-hetero) is 1. The van der Waals surface area contributed by atoms with Crippen LogP contribution in [0.4, 0.5) is 0 Å². The molecule has 0 unspecified atom stereocenters. The van der Waals surface area contributed by atoms with E-state index in [0.29, 0.717) is 12.3 Å². The molecule has 15 heavy (non-hydrogen) atoms. The van der Waals surface area contributed by atoms with Crippen LogP contribution in [0.3, 0.4) is 0 Å². The molecule has 1 aromatic heterocycles. The molecular formula is C12H15NO2. The Hall–Kier alpha value is -1.12. The molecule has 2 aliphatic carbocycles. The van der Waals surface area contributed by atoms with E-state index in [1.54, 1.807) is 0 Å². The van der Waals surface area contributed by atoms with Crippen LogP contribution in [0.15, 0.2) is 4.52 Å². The van der Waals surface area contributed by atoms with Crippen LogP contribution >= 0.6 is 0 Å². The molecule has 0 atom stereocenters. The highest BCUT2D eigenvalue weighted by atomic mass is 16.5. The van der Waals surface area contributed by atoms with Gasteiger partial charge in [-0.25, -0.2) is 0 Å². The minimum absolute atomic E-state index is 0.0322. The number of carbonyl (C=O) groups excluding carboxylic acids is 1. The highest BCUT2D eigenvalue weighted by Gasteiger charge is 2.40. The van der Waals surface area contributed by atoms with Crippen LogP contribution in [0.1, 0.15) is 60.8 Å². The zero-order chi connectivity index (χ0) is 10.6. The van der Waals surface area contributed by atoms with Gasteiger partial charge >= 0.3 is 0 Å². The molecule has 1 saturated carbocycles. The summed E-state index contributed by atoms with van der Waals surface area (Å²) in [5.41, 5.74) is 1.78. The minimum Gasteiger partial charge on any atom is -0.360 e. The largest absolute Gasteiger partial charge is 0.360 e. The van der Waals surface area contributed by atoms with Crippen molar-refractivity contribution < 1.29 is 9.32 Å². The van der Waals surface area contributed by atoms with Crippen molar-refractivity contribution in [3.05, 3.63) is 17.0 Å². The summed E-state index contributed by atoms with van der Waals surface area (Å²) in [6, 6.07) is 0. The number of hydrogen-bond acceptors (Lipinski definition) is 3. The molecule has 3 heteroatoms. The standard InChI is InChI=1S/C12H15NO2/c1-12(2)5-8(14)10-9(6-12)15-13-11(10)7-3-4-7/h7H,3-6H2,1-2H3. The van der Waals surface area contributed by atoms with Gasteiger partial charge in [0.25, 0.3) is 0 Å². The van der Waals surface area contributed by atoms with Crippen molar-refractivity contribution in [1.82, 2.24) is 5.16 Å². The SMILES string of the molecule is CC1(C)CC(=O)c2c(C3CC3)noc2C1. The number of nitrogens with zero attached hydrogens (tertiary/aromatic N) is 1. The molecule has 80 valence electrons. The van der Waals surface area contributed by atoms with Crippen LogP contribution in [-0.2, 0) is 6.42 Å². The predicted octanol–water partition coefficient (Wildman–Crippen LogP) is 2.71. The first-order valence-corrected chi connectivity index (χ1v) is 5.58. The molecule has 1 heterocycles. The topological polar surface area (TPSA) is 43.1 Å². The molecule has 2 aliphatic rings. The molecular weight excluding hydrogens is 190 g/mol. The highest BCUT2D eigenvalue weighted by molar-refractivity contribution is 5.99. The van der Waals surface area contributed by atoms with E-state index >= 15 is 0 Å². The second kappa shape index (κ2) is 2.71. The summed E-state index contributed by atoms with van der Waals surface area (Å²) in [6.45, 7) is 4.21. The molecule has 0 amide bonds. The van der Waals surface area contributed by atoms with E-state index in [1.807, 2.05) is 0 Å². The van der Waals surface area contributed by atoms with E-state index in [4.69, 9.17) is 4.52 Å². The maximum Gasteiger partial charge on any atom is 0.168 e. The Balaban J connectivity index is 2.06. The zero-order valence-electron chi connectivity index (χ0n) is 9.17. The third-order valence-corrected chi connectivity index (χ3v) is 3.31. The van der Waals surface area contributed by atoms with Gasteiger partial charge in [0.15, 0.2) is 5.78 Å². The van der Waals surface area contributed by atoms with Crippen LogP contribution in [0.5, 0.6) is 0 Å². The van der Waals surface area contributed by atoms with Gasteiger partial charge in [-0.3, -0.25) is 4.79 Å². The molecule has 0 bridgehead atoms. The van der Waals surface area contributed by atoms with Gasteiger partial charge < -0.3 is 4.52 Å². The normalized spacial score (nSPS) is 24.0. The van der Waals surface area contributed by atoms with Crippen molar-refractivity contribution in [2.45, 2.75) is 45.4 Å². The fraction of sp³-hybridized carbons (Fsp3) is 0.667. The van der Waals surface area contributed by atoms with Crippen molar-refractivity contribution in [1.29, 1.82) is 0 Å². The van der Waals surface area contributed by atoms with E-state index in [-0.39, 0.29) is 11.2 Å². The lowest BCUT2D eigenvalue weighted by Gasteiger charge is -2.26. The van der Waals surface area contributed by atoms with Crippen molar-refractivity contribution in [3.63, 3.8) is 0 Å². The van der Waals surface area contributed by atoms with Gasteiger partial charge in [-0.15, -0.1) is 0 Å². The molecule has 0 aliphatic heterocycles. The highest BCUT2D eigenvalue weighted by Crippen LogP contribution is 2.45. The molecule has 1 aromatic rings. The van der Waals surface area contributed by atoms with Crippen LogP contribution in [0, 0.1) is 5.41 Å². The van der Waals surface area contributed by atoms with Crippen molar-refractivity contribution in [2.75, 3.05) is 0 Å². The zero-order valence-corrected chi connectivity index (χ0v) is 9.17. The molecule has 3 nitrogen and oxygen atoms in total. The predicted molar refractivity (Wildman–Crippen MR) is 54.9 cm³/mol. The Kier molecular flexibility index (Phi) is 1.65. The maximum absolute atomic E-state index is 12.0. The Morgan fingerprint density at radius 3 is 2.73 bits per heavy atom. The van der Waals surface area contributed by atoms with Crippen LogP contribution in [-0.4, -0.2) is 10.9 Å². The Morgan fingerprint density at radius 2 is 2.07 bits per heavy atom. The number of carbonyl (C=O) groups is 1. The summed E-state index contributed by atoms with van der Waals surface area (Å²) in [7, 11) is 0. The van der Waals surface area contributed by atoms with Crippen LogP contribution < -0.4 is 0 Å². The van der Waals surface area contributed by atoms with Crippen molar-refractivity contribution >= 4 is 5.78 Å². The first kappa shape index (κ1) is 9.13. The average molecular weight is 205 g/mol. The summed E-state index contributed by atoms with van der Waals surface area (Å²) in [4.78, 5) is 12.0. The lowest BCUT2D eigenvalue weighted by atomic mass is 9.76. The molecule has 0 radical (unpaired) electrons. The Labute approximate surface area is 88.8 Å². The van der Waals surface area contributed by atoms with E-state index in [0.717, 1.165) is 36.3 Å². The van der Waals surface area contributed by atoms with Gasteiger partial charge in [0, 0.05) is 18.8 Å². The molecule has 1 fully saturated rings. The third kappa shape index (κ3) is 1.41. The van der Waals surface area contributed by atoms with E-state index < -0.39 is 0 Å². The van der Waals surface area contributed by atoms with Gasteiger partial charge in [0.05, 0.1) is 11.3 Å². The monoisotopic (exact) mass is 205 g/mol. The molecule has 0 spiro atoms. The summed E-state index contributed by atoms with van der Waals surface area (Å²) in [5, 5.41) is 4.08. The van der Waals surface area contributed by atoms with Gasteiger partial charge in [-0.1, -0.05) is 19.0 Å². The summed E-state index contributed by atoms with van der Waals surface area (Å²) in [5.74, 6) is 1.55. The Bertz CT molecular complexity index is 427. The second-order valence-corrected chi connectivity index (χ2v) is 5.58. The van der Waals surface area contributed by atoms with Crippen molar-refractivity contribution in [3.8, 4) is 0 Å². The number of fused-ring (bicyclic) bond motifs is 1. The average Bonchev–Trinajstić information content (AvgIpc) is 2.86. The summed E-state index contributed by atoms with van der Waals surface area (Å²) < 4.78 is 5.32. The minimum atomic E-state index is 0.0322. The molecule has 3 rings (SSSR count). The number of aromatic nitrogens is 1. The first-order valence-electron chi connectivity index (χ1n) is 5.58. The smallest absolute Gasteiger partial charge is 0.168 e. The quantitative estimate of drug-likeness (QED) is 0.708. The molecule has 0 saturated heterocycles. The molecule has 0 N–H and O–H groups in total. The first-order chi connectivity index (χ1) is 7.07. The third-order valence-electron chi connectivity index (χ3n) is 3.31. The Morgan fingerprint density at radius 1 is 1.33 bits per heavy atom. The van der Waals surface area contributed by atoms with E-state index in [9.17, 15) is 4.79 Å². The summed E-state index contributed by atoms with van der Waals surface area (Å²) in [6.07, 6.45) is 3.79. The number of rotatable bonds is 1. The van der Waals surface area contributed by atoms with Gasteiger partial charge in [-0.2, -0.15) is 0 Å². The van der Waals surface area contributed by atoms with Gasteiger partial charge in [-0.05, 0) is 18.3 Å². The van der Waals surface area contributed by atoms with Crippen molar-refractivity contribution in [2.24, 2.45) is 5.41 Å². The van der Waals surface area contributed by atoms with Gasteiger partial charge in [0.2, 0.25) is 0 Å². The fourth-order valence-corrected chi connectivity index (χ4v) is 2.41. The maximum atomic E-state index is 12.0. The second-order valence-electron chi connectivity index (χ2n) is 5.58. The summed E-state index contributed by atoms with van der Waals surface area (Å²) >= 11 is 0. The van der Waals surface area contributed by atoms with Crippen LogP contribution in [0.2, 0.25) is 0 Å². The number of hydrogen-bond donors (Lipinski definition) is 0.